The van der Waals surface area contributed by atoms with Gasteiger partial charge in [0.2, 0.25) is 5.91 Å². The summed E-state index contributed by atoms with van der Waals surface area (Å²) in [5.74, 6) is 1.03. The molecule has 1 heterocycles. The molecule has 0 bridgehead atoms. The summed E-state index contributed by atoms with van der Waals surface area (Å²) in [6.45, 7) is 6.03. The number of aromatic nitrogens is 3. The number of anilines is 1. The highest BCUT2D eigenvalue weighted by Gasteiger charge is 2.14. The average molecular weight is 366 g/mol. The van der Waals surface area contributed by atoms with E-state index in [4.69, 9.17) is 0 Å². The predicted molar refractivity (Wildman–Crippen MR) is 106 cm³/mol. The van der Waals surface area contributed by atoms with Crippen molar-refractivity contribution in [2.45, 2.75) is 25.9 Å². The molecule has 0 spiro atoms. The first-order valence-corrected chi connectivity index (χ1v) is 9.39. The molecule has 0 aliphatic carbocycles. The van der Waals surface area contributed by atoms with Gasteiger partial charge in [-0.15, -0.1) is 10.2 Å². The van der Waals surface area contributed by atoms with E-state index in [1.807, 2.05) is 68.8 Å². The Kier molecular flexibility index (Phi) is 5.42. The fourth-order valence-electron chi connectivity index (χ4n) is 2.79. The van der Waals surface area contributed by atoms with Crippen LogP contribution in [-0.4, -0.2) is 26.4 Å². The van der Waals surface area contributed by atoms with E-state index >= 15 is 0 Å². The Morgan fingerprint density at radius 2 is 1.77 bits per heavy atom. The zero-order chi connectivity index (χ0) is 18.7. The van der Waals surface area contributed by atoms with Gasteiger partial charge in [0.15, 0.2) is 11.0 Å². The molecule has 0 atom stereocenters. The van der Waals surface area contributed by atoms with E-state index < -0.39 is 0 Å². The number of benzene rings is 2. The monoisotopic (exact) mass is 366 g/mol. The largest absolute Gasteiger partial charge is 0.325 e. The van der Waals surface area contributed by atoms with Crippen LogP contribution in [0.2, 0.25) is 0 Å². The first kappa shape index (κ1) is 18.2. The molecule has 5 nitrogen and oxygen atoms in total. The summed E-state index contributed by atoms with van der Waals surface area (Å²) in [6, 6.07) is 14.1. The van der Waals surface area contributed by atoms with Gasteiger partial charge in [-0.25, -0.2) is 0 Å². The summed E-state index contributed by atoms with van der Waals surface area (Å²) < 4.78 is 1.92. The van der Waals surface area contributed by atoms with Crippen molar-refractivity contribution in [3.63, 3.8) is 0 Å². The summed E-state index contributed by atoms with van der Waals surface area (Å²) in [5, 5.41) is 12.2. The van der Waals surface area contributed by atoms with E-state index in [9.17, 15) is 4.79 Å². The minimum atomic E-state index is -0.0486. The van der Waals surface area contributed by atoms with Gasteiger partial charge < -0.3 is 9.88 Å². The summed E-state index contributed by atoms with van der Waals surface area (Å²) in [6.07, 6.45) is 0. The molecule has 134 valence electrons. The van der Waals surface area contributed by atoms with Gasteiger partial charge in [0.25, 0.3) is 0 Å². The van der Waals surface area contributed by atoms with E-state index in [0.717, 1.165) is 33.4 Å². The minimum Gasteiger partial charge on any atom is -0.325 e. The maximum absolute atomic E-state index is 12.3. The van der Waals surface area contributed by atoms with Gasteiger partial charge >= 0.3 is 0 Å². The van der Waals surface area contributed by atoms with E-state index in [0.29, 0.717) is 0 Å². The Labute approximate surface area is 157 Å². The van der Waals surface area contributed by atoms with E-state index in [1.54, 1.807) is 0 Å². The van der Waals surface area contributed by atoms with Crippen LogP contribution in [0.5, 0.6) is 0 Å². The Morgan fingerprint density at radius 3 is 2.46 bits per heavy atom. The van der Waals surface area contributed by atoms with Crippen molar-refractivity contribution in [2.24, 2.45) is 7.05 Å². The Hall–Kier alpha value is -2.60. The minimum absolute atomic E-state index is 0.0486. The lowest BCUT2D eigenvalue weighted by molar-refractivity contribution is -0.113. The summed E-state index contributed by atoms with van der Waals surface area (Å²) in [5.41, 5.74) is 5.20. The summed E-state index contributed by atoms with van der Waals surface area (Å²) in [4.78, 5) is 12.3. The number of carbonyl (C=O) groups excluding carboxylic acids is 1. The SMILES string of the molecule is Cc1cccc(-c2nnc(SCC(=O)Nc3c(C)cccc3C)n2C)c1. The number of carbonyl (C=O) groups is 1. The highest BCUT2D eigenvalue weighted by Crippen LogP contribution is 2.24. The summed E-state index contributed by atoms with van der Waals surface area (Å²) >= 11 is 1.38. The molecular weight excluding hydrogens is 344 g/mol. The van der Waals surface area contributed by atoms with Crippen molar-refractivity contribution >= 4 is 23.4 Å². The number of nitrogens with one attached hydrogen (secondary N) is 1. The smallest absolute Gasteiger partial charge is 0.234 e. The van der Waals surface area contributed by atoms with Crippen molar-refractivity contribution in [3.05, 3.63) is 59.2 Å². The number of aryl methyl sites for hydroxylation is 3. The van der Waals surface area contributed by atoms with Crippen LogP contribution in [0.15, 0.2) is 47.6 Å². The van der Waals surface area contributed by atoms with Gasteiger partial charge in [0, 0.05) is 18.3 Å². The second-order valence-corrected chi connectivity index (χ2v) is 7.28. The number of nitrogens with zero attached hydrogens (tertiary/aromatic N) is 3. The quantitative estimate of drug-likeness (QED) is 0.690. The molecule has 0 aliphatic rings. The second-order valence-electron chi connectivity index (χ2n) is 6.34. The second kappa shape index (κ2) is 7.74. The molecule has 6 heteroatoms. The lowest BCUT2D eigenvalue weighted by Crippen LogP contribution is -2.16. The zero-order valence-corrected chi connectivity index (χ0v) is 16.2. The van der Waals surface area contributed by atoms with Crippen LogP contribution in [0, 0.1) is 20.8 Å². The van der Waals surface area contributed by atoms with Gasteiger partial charge in [-0.1, -0.05) is 53.7 Å². The molecule has 1 N–H and O–H groups in total. The molecule has 1 amide bonds. The number of hydrogen-bond acceptors (Lipinski definition) is 4. The van der Waals surface area contributed by atoms with Crippen molar-refractivity contribution in [1.82, 2.24) is 14.8 Å². The lowest BCUT2D eigenvalue weighted by Gasteiger charge is -2.11. The molecule has 0 aliphatic heterocycles. The van der Waals surface area contributed by atoms with Crippen molar-refractivity contribution < 1.29 is 4.79 Å². The highest BCUT2D eigenvalue weighted by atomic mass is 32.2. The highest BCUT2D eigenvalue weighted by molar-refractivity contribution is 7.99. The lowest BCUT2D eigenvalue weighted by atomic mass is 10.1. The van der Waals surface area contributed by atoms with Crippen LogP contribution >= 0.6 is 11.8 Å². The third-order valence-electron chi connectivity index (χ3n) is 4.19. The van der Waals surface area contributed by atoms with Gasteiger partial charge in [0.1, 0.15) is 0 Å². The molecule has 3 aromatic rings. The van der Waals surface area contributed by atoms with Crippen LogP contribution in [0.3, 0.4) is 0 Å². The van der Waals surface area contributed by atoms with Crippen LogP contribution < -0.4 is 5.32 Å². The van der Waals surface area contributed by atoms with E-state index in [2.05, 4.69) is 21.6 Å². The number of rotatable bonds is 5. The molecule has 1 aromatic heterocycles. The molecule has 3 rings (SSSR count). The topological polar surface area (TPSA) is 59.8 Å². The molecule has 0 radical (unpaired) electrons. The Bertz CT molecular complexity index is 928. The third kappa shape index (κ3) is 3.96. The molecular formula is C20H22N4OS. The summed E-state index contributed by atoms with van der Waals surface area (Å²) in [7, 11) is 1.92. The standard InChI is InChI=1S/C20H22N4OS/c1-13-7-5-10-16(11-13)19-22-23-20(24(19)4)26-12-17(25)21-18-14(2)8-6-9-15(18)3/h5-11H,12H2,1-4H3,(H,21,25). The fraction of sp³-hybridized carbons (Fsp3) is 0.250. The Balaban J connectivity index is 1.68. The Morgan fingerprint density at radius 1 is 1.08 bits per heavy atom. The first-order valence-electron chi connectivity index (χ1n) is 8.41. The molecule has 2 aromatic carbocycles. The molecule has 0 saturated heterocycles. The van der Waals surface area contributed by atoms with Crippen LogP contribution in [-0.2, 0) is 11.8 Å². The van der Waals surface area contributed by atoms with Crippen molar-refractivity contribution in [2.75, 3.05) is 11.1 Å². The number of thioether (sulfide) groups is 1. The number of para-hydroxylation sites is 1. The van der Waals surface area contributed by atoms with E-state index in [-0.39, 0.29) is 11.7 Å². The third-order valence-corrected chi connectivity index (χ3v) is 5.21. The molecule has 0 unspecified atom stereocenters. The maximum Gasteiger partial charge on any atom is 0.234 e. The van der Waals surface area contributed by atoms with Crippen LogP contribution in [0.1, 0.15) is 16.7 Å². The molecule has 26 heavy (non-hydrogen) atoms. The van der Waals surface area contributed by atoms with Gasteiger partial charge in [-0.05, 0) is 38.0 Å². The molecule has 0 saturated carbocycles. The molecule has 0 fully saturated rings. The van der Waals surface area contributed by atoms with Gasteiger partial charge in [-0.2, -0.15) is 0 Å². The predicted octanol–water partition coefficient (Wildman–Crippen LogP) is 4.14. The normalized spacial score (nSPS) is 10.8. The van der Waals surface area contributed by atoms with Gasteiger partial charge in [-0.3, -0.25) is 4.79 Å². The first-order chi connectivity index (χ1) is 12.5. The maximum atomic E-state index is 12.3. The average Bonchev–Trinajstić information content (AvgIpc) is 2.97. The van der Waals surface area contributed by atoms with Crippen LogP contribution in [0.25, 0.3) is 11.4 Å². The fourth-order valence-corrected chi connectivity index (χ4v) is 3.50. The van der Waals surface area contributed by atoms with Crippen molar-refractivity contribution in [3.8, 4) is 11.4 Å². The number of hydrogen-bond donors (Lipinski definition) is 1. The van der Waals surface area contributed by atoms with Crippen molar-refractivity contribution in [1.29, 1.82) is 0 Å². The van der Waals surface area contributed by atoms with Crippen LogP contribution in [0.4, 0.5) is 5.69 Å². The van der Waals surface area contributed by atoms with Gasteiger partial charge in [0.05, 0.1) is 5.75 Å². The number of amides is 1. The van der Waals surface area contributed by atoms with E-state index in [1.165, 1.54) is 17.3 Å². The zero-order valence-electron chi connectivity index (χ0n) is 15.4.